The molecule has 2 bridgehead atoms. The molecule has 8 heteroatoms. The van der Waals surface area contributed by atoms with Gasteiger partial charge in [0.25, 0.3) is 8.32 Å². The van der Waals surface area contributed by atoms with E-state index in [0.29, 0.717) is 18.9 Å². The van der Waals surface area contributed by atoms with Crippen molar-refractivity contribution in [3.63, 3.8) is 0 Å². The zero-order valence-corrected chi connectivity index (χ0v) is 25.2. The Morgan fingerprint density at radius 2 is 1.68 bits per heavy atom. The summed E-state index contributed by atoms with van der Waals surface area (Å²) in [5.41, 5.74) is 2.47. The van der Waals surface area contributed by atoms with Crippen LogP contribution in [0.15, 0.2) is 60.7 Å². The van der Waals surface area contributed by atoms with Crippen LogP contribution in [0.3, 0.4) is 0 Å². The lowest BCUT2D eigenvalue weighted by atomic mass is 9.84. The van der Waals surface area contributed by atoms with Gasteiger partial charge in [0.15, 0.2) is 0 Å². The Bertz CT molecular complexity index is 1150. The summed E-state index contributed by atoms with van der Waals surface area (Å²) in [6.07, 6.45) is 6.27. The number of rotatable bonds is 7. The zero-order valence-electron chi connectivity index (χ0n) is 24.2. The van der Waals surface area contributed by atoms with Gasteiger partial charge in [-0.25, -0.2) is 5.48 Å². The van der Waals surface area contributed by atoms with Crippen LogP contribution in [-0.4, -0.2) is 38.5 Å². The number of carbonyl (C=O) groups excluding carboxylic acids is 1. The molecule has 0 radical (unpaired) electrons. The molecule has 1 aliphatic heterocycles. The fourth-order valence-corrected chi connectivity index (χ4v) is 12.7. The first-order chi connectivity index (χ1) is 19.1. The van der Waals surface area contributed by atoms with Crippen LogP contribution in [-0.2, 0) is 28.6 Å². The number of nitrogens with one attached hydrogen (secondary N) is 1. The molecule has 40 heavy (non-hydrogen) atoms. The van der Waals surface area contributed by atoms with E-state index >= 15 is 0 Å². The summed E-state index contributed by atoms with van der Waals surface area (Å²) >= 11 is 0. The molecule has 0 unspecified atom stereocenters. The van der Waals surface area contributed by atoms with Gasteiger partial charge >= 0.3 is 0 Å². The van der Waals surface area contributed by atoms with Crippen LogP contribution in [0, 0.1) is 17.8 Å². The third-order valence-corrected chi connectivity index (χ3v) is 14.6. The van der Waals surface area contributed by atoms with Gasteiger partial charge in [-0.3, -0.25) is 9.63 Å². The average molecular weight is 566 g/mol. The van der Waals surface area contributed by atoms with Crippen LogP contribution < -0.4 is 15.9 Å². The number of amides is 1. The van der Waals surface area contributed by atoms with Crippen molar-refractivity contribution >= 4 is 24.6 Å². The van der Waals surface area contributed by atoms with E-state index in [9.17, 15) is 4.79 Å². The minimum Gasteiger partial charge on any atom is -0.404 e. The Hall–Kier alpha value is -2.07. The second-order valence-electron chi connectivity index (χ2n) is 13.4. The number of hydrogen-bond donors (Lipinski definition) is 1. The highest BCUT2D eigenvalue weighted by molar-refractivity contribution is 6.99. The van der Waals surface area contributed by atoms with Crippen molar-refractivity contribution in [3.05, 3.63) is 60.7 Å². The molecule has 4 aliphatic rings. The van der Waals surface area contributed by atoms with Crippen molar-refractivity contribution in [2.45, 2.75) is 95.4 Å². The molecule has 6 rings (SSSR count). The summed E-state index contributed by atoms with van der Waals surface area (Å²) in [5.74, 6) is -0.778. The molecule has 1 saturated heterocycles. The number of hydrogen-bond acceptors (Lipinski definition) is 6. The summed E-state index contributed by atoms with van der Waals surface area (Å²) in [5, 5.41) is 2.47. The first-order valence-corrected chi connectivity index (χ1v) is 16.8. The predicted octanol–water partition coefficient (Wildman–Crippen LogP) is 4.99. The van der Waals surface area contributed by atoms with E-state index in [1.54, 1.807) is 0 Å². The summed E-state index contributed by atoms with van der Waals surface area (Å²) < 4.78 is 14.4. The molecule has 1 heterocycles. The smallest absolute Gasteiger partial charge is 0.261 e. The third kappa shape index (κ3) is 4.97. The lowest BCUT2D eigenvalue weighted by Gasteiger charge is -2.47. The summed E-state index contributed by atoms with van der Waals surface area (Å²) in [4.78, 5) is 29.2. The Labute approximate surface area is 238 Å². The molecular weight excluding hydrogens is 522 g/mol. The monoisotopic (exact) mass is 565 g/mol. The molecule has 4 fully saturated rings. The fourth-order valence-electron chi connectivity index (χ4n) is 8.00. The lowest BCUT2D eigenvalue weighted by molar-refractivity contribution is -0.366. The molecule has 216 valence electrons. The number of hydroxylamine groups is 1. The molecule has 2 aromatic rings. The van der Waals surface area contributed by atoms with Gasteiger partial charge in [0.1, 0.15) is 0 Å². The topological polar surface area (TPSA) is 75.3 Å². The Morgan fingerprint density at radius 1 is 1.00 bits per heavy atom. The van der Waals surface area contributed by atoms with Crippen molar-refractivity contribution in [1.82, 2.24) is 5.48 Å². The maximum Gasteiger partial charge on any atom is 0.261 e. The van der Waals surface area contributed by atoms with Crippen molar-refractivity contribution < 1.29 is 28.6 Å². The number of benzene rings is 2. The molecule has 3 aliphatic carbocycles. The van der Waals surface area contributed by atoms with Gasteiger partial charge in [-0.05, 0) is 52.9 Å². The first kappa shape index (κ1) is 28.1. The van der Waals surface area contributed by atoms with Crippen molar-refractivity contribution in [2.24, 2.45) is 17.8 Å². The van der Waals surface area contributed by atoms with Crippen molar-refractivity contribution in [1.29, 1.82) is 0 Å². The largest absolute Gasteiger partial charge is 0.404 e. The molecular formula is C32H43NO6Si. The van der Waals surface area contributed by atoms with E-state index in [-0.39, 0.29) is 28.9 Å². The molecule has 1 amide bonds. The minimum atomic E-state index is -2.70. The van der Waals surface area contributed by atoms with E-state index in [0.717, 1.165) is 38.5 Å². The molecule has 7 nitrogen and oxygen atoms in total. The van der Waals surface area contributed by atoms with Crippen molar-refractivity contribution in [3.8, 4) is 0 Å². The second-order valence-corrected chi connectivity index (χ2v) is 17.6. The molecule has 2 spiro atoms. The standard InChI is InChI=1S/C32H43NO6Si/c1-23(34)33-35-22-25-18-24-19-29(25)32(20-24)37-31(38-39-32)17-11-12-26(21-31)36-40(30(2,3)4,27-13-7-5-8-14-27)28-15-9-6-10-16-28/h5-10,13-16,24-26,29H,11-12,17-22H2,1-4H3,(H,33,34)/t24-,25+,26-,29-,31+,32+/m1/s1. The average Bonchev–Trinajstić information content (AvgIpc) is 3.60. The van der Waals surface area contributed by atoms with Gasteiger partial charge in [-0.15, -0.1) is 0 Å². The van der Waals surface area contributed by atoms with Gasteiger partial charge in [0.2, 0.25) is 17.5 Å². The predicted molar refractivity (Wildman–Crippen MR) is 154 cm³/mol. The van der Waals surface area contributed by atoms with Crippen LogP contribution in [0.5, 0.6) is 0 Å². The number of carbonyl (C=O) groups is 1. The van der Waals surface area contributed by atoms with E-state index in [2.05, 4.69) is 86.9 Å². The Morgan fingerprint density at radius 3 is 2.27 bits per heavy atom. The molecule has 6 atom stereocenters. The van der Waals surface area contributed by atoms with Crippen molar-refractivity contribution in [2.75, 3.05) is 6.61 Å². The van der Waals surface area contributed by atoms with E-state index in [4.69, 9.17) is 23.8 Å². The molecule has 0 aromatic heterocycles. The molecule has 2 aromatic carbocycles. The lowest BCUT2D eigenvalue weighted by Crippen LogP contribution is -2.68. The van der Waals surface area contributed by atoms with Gasteiger partial charge in [-0.2, -0.15) is 9.78 Å². The van der Waals surface area contributed by atoms with Gasteiger partial charge < -0.3 is 9.16 Å². The molecule has 3 saturated carbocycles. The zero-order chi connectivity index (χ0) is 28.0. The quantitative estimate of drug-likeness (QED) is 0.290. The van der Waals surface area contributed by atoms with E-state index < -0.39 is 19.9 Å². The maximum atomic E-state index is 11.3. The van der Waals surface area contributed by atoms with Gasteiger partial charge in [0.05, 0.1) is 12.7 Å². The normalized spacial score (nSPS) is 33.6. The van der Waals surface area contributed by atoms with Crippen LogP contribution in [0.2, 0.25) is 5.04 Å². The van der Waals surface area contributed by atoms with E-state index in [1.807, 2.05) is 0 Å². The maximum absolute atomic E-state index is 11.3. The highest BCUT2D eigenvalue weighted by Gasteiger charge is 2.66. The van der Waals surface area contributed by atoms with E-state index in [1.165, 1.54) is 17.3 Å². The number of ether oxygens (including phenoxy) is 1. The van der Waals surface area contributed by atoms with Crippen LogP contribution in [0.4, 0.5) is 0 Å². The second kappa shape index (κ2) is 10.6. The number of fused-ring (bicyclic) bond motifs is 3. The first-order valence-electron chi connectivity index (χ1n) is 14.9. The van der Waals surface area contributed by atoms with Gasteiger partial charge in [0, 0.05) is 32.1 Å². The SMILES string of the molecule is CC(=O)NOC[C@@H]1C[C@@H]2C[C@H]1[C@]1(C2)OO[C@]2(CCC[C@@H](O[Si](c3ccccc3)(c3ccccc3)C(C)(C)C)C2)O1. The summed E-state index contributed by atoms with van der Waals surface area (Å²) in [7, 11) is -2.70. The highest BCUT2D eigenvalue weighted by atomic mass is 28.4. The highest BCUT2D eigenvalue weighted by Crippen LogP contribution is 2.61. The van der Waals surface area contributed by atoms with Gasteiger partial charge in [-0.1, -0.05) is 81.4 Å². The summed E-state index contributed by atoms with van der Waals surface area (Å²) in [6.45, 7) is 8.87. The molecule has 1 N–H and O–H groups in total. The van der Waals surface area contributed by atoms with Crippen LogP contribution >= 0.6 is 0 Å². The Balaban J connectivity index is 1.24. The fraction of sp³-hybridized carbons (Fsp3) is 0.594. The summed E-state index contributed by atoms with van der Waals surface area (Å²) in [6, 6.07) is 21.6. The minimum absolute atomic E-state index is 0.0173. The van der Waals surface area contributed by atoms with Crippen LogP contribution in [0.25, 0.3) is 0 Å². The van der Waals surface area contributed by atoms with Crippen LogP contribution in [0.1, 0.15) is 72.6 Å². The third-order valence-electron chi connectivity index (χ3n) is 9.52. The Kier molecular flexibility index (Phi) is 7.47.